The van der Waals surface area contributed by atoms with Gasteiger partial charge in [-0.05, 0) is 32.4 Å². The maximum absolute atomic E-state index is 12.1. The van der Waals surface area contributed by atoms with E-state index in [2.05, 4.69) is 30.7 Å². The second-order valence-corrected chi connectivity index (χ2v) is 7.35. The van der Waals surface area contributed by atoms with Crippen LogP contribution >= 0.6 is 0 Å². The van der Waals surface area contributed by atoms with Gasteiger partial charge in [-0.3, -0.25) is 5.32 Å². The number of hydrogen-bond donors (Lipinski definition) is 2. The molecule has 0 aliphatic heterocycles. The summed E-state index contributed by atoms with van der Waals surface area (Å²) in [6, 6.07) is 10.9. The van der Waals surface area contributed by atoms with Crippen LogP contribution in [0, 0.1) is 0 Å². The largest absolute Gasteiger partial charge is 0.444 e. The van der Waals surface area contributed by atoms with Gasteiger partial charge >= 0.3 is 12.2 Å². The molecule has 0 spiro atoms. The third-order valence-electron chi connectivity index (χ3n) is 3.63. The van der Waals surface area contributed by atoms with Gasteiger partial charge < -0.3 is 14.8 Å². The number of alkyl carbamates (subject to hydrolysis) is 1. The van der Waals surface area contributed by atoms with E-state index >= 15 is 0 Å². The Morgan fingerprint density at radius 1 is 1.03 bits per heavy atom. The molecule has 0 saturated heterocycles. The van der Waals surface area contributed by atoms with Gasteiger partial charge in [-0.1, -0.05) is 30.3 Å². The van der Waals surface area contributed by atoms with Gasteiger partial charge in [-0.2, -0.15) is 9.67 Å². The van der Waals surface area contributed by atoms with Crippen LogP contribution in [0.3, 0.4) is 0 Å². The normalized spacial score (nSPS) is 10.9. The van der Waals surface area contributed by atoms with Crippen LogP contribution in [0.1, 0.15) is 32.2 Å². The van der Waals surface area contributed by atoms with Crippen molar-refractivity contribution in [2.75, 3.05) is 5.32 Å². The van der Waals surface area contributed by atoms with Crippen LogP contribution in [-0.2, 0) is 22.6 Å². The quantitative estimate of drug-likeness (QED) is 0.616. The van der Waals surface area contributed by atoms with Gasteiger partial charge in [0.2, 0.25) is 0 Å². The van der Waals surface area contributed by atoms with Crippen LogP contribution in [-0.4, -0.2) is 42.5 Å². The molecule has 0 bridgehead atoms. The molecule has 3 aromatic rings. The smallest absolute Gasteiger partial charge is 0.414 e. The van der Waals surface area contributed by atoms with Gasteiger partial charge in [0.05, 0.1) is 6.54 Å². The molecule has 0 aliphatic rings. The lowest BCUT2D eigenvalue weighted by Gasteiger charge is -2.19. The summed E-state index contributed by atoms with van der Waals surface area (Å²) < 4.78 is 11.7. The van der Waals surface area contributed by atoms with Crippen molar-refractivity contribution in [2.24, 2.45) is 0 Å². The molecule has 3 rings (SSSR count). The zero-order valence-corrected chi connectivity index (χ0v) is 17.4. The Labute approximate surface area is 178 Å². The molecular formula is C20H23N7O4. The predicted octanol–water partition coefficient (Wildman–Crippen LogP) is 2.83. The fourth-order valence-electron chi connectivity index (χ4n) is 2.39. The third kappa shape index (κ3) is 6.77. The Morgan fingerprint density at radius 3 is 2.42 bits per heavy atom. The molecule has 0 unspecified atom stereocenters. The van der Waals surface area contributed by atoms with Gasteiger partial charge in [0.25, 0.3) is 11.9 Å². The summed E-state index contributed by atoms with van der Waals surface area (Å²) in [5, 5.41) is 9.26. The monoisotopic (exact) mass is 425 g/mol. The summed E-state index contributed by atoms with van der Waals surface area (Å²) in [5.41, 5.74) is 0.200. The lowest BCUT2D eigenvalue weighted by molar-refractivity contribution is 0.0521. The van der Waals surface area contributed by atoms with E-state index in [9.17, 15) is 9.59 Å². The number of amides is 2. The summed E-state index contributed by atoms with van der Waals surface area (Å²) in [6.07, 6.45) is 1.74. The van der Waals surface area contributed by atoms with Crippen LogP contribution in [0.25, 0.3) is 5.95 Å². The van der Waals surface area contributed by atoms with Crippen molar-refractivity contribution in [3.63, 3.8) is 0 Å². The molecule has 11 heteroatoms. The van der Waals surface area contributed by atoms with E-state index in [1.54, 1.807) is 26.8 Å². The number of nitrogens with zero attached hydrogens (tertiary/aromatic N) is 5. The molecule has 1 aromatic carbocycles. The number of carbonyl (C=O) groups is 2. The number of benzene rings is 1. The highest BCUT2D eigenvalue weighted by Crippen LogP contribution is 2.11. The van der Waals surface area contributed by atoms with Gasteiger partial charge in [0.15, 0.2) is 5.82 Å². The molecule has 0 radical (unpaired) electrons. The zero-order chi connectivity index (χ0) is 22.3. The summed E-state index contributed by atoms with van der Waals surface area (Å²) >= 11 is 0. The highest BCUT2D eigenvalue weighted by Gasteiger charge is 2.19. The van der Waals surface area contributed by atoms with Crippen molar-refractivity contribution in [2.45, 2.75) is 39.5 Å². The fraction of sp³-hybridized carbons (Fsp3) is 0.300. The topological polar surface area (TPSA) is 133 Å². The Kier molecular flexibility index (Phi) is 6.75. The van der Waals surface area contributed by atoms with E-state index in [0.717, 1.165) is 5.56 Å². The van der Waals surface area contributed by atoms with Crippen LogP contribution in [0.5, 0.6) is 0 Å². The second-order valence-electron chi connectivity index (χ2n) is 7.35. The van der Waals surface area contributed by atoms with Crippen molar-refractivity contribution in [3.8, 4) is 5.95 Å². The fourth-order valence-corrected chi connectivity index (χ4v) is 2.39. The van der Waals surface area contributed by atoms with E-state index in [-0.39, 0.29) is 30.9 Å². The number of anilines is 1. The van der Waals surface area contributed by atoms with Gasteiger partial charge in [0, 0.05) is 12.4 Å². The summed E-state index contributed by atoms with van der Waals surface area (Å²) in [5.74, 6) is 0.489. The Hall–Kier alpha value is -4.02. The van der Waals surface area contributed by atoms with Crippen molar-refractivity contribution < 1.29 is 19.1 Å². The molecule has 2 heterocycles. The molecule has 31 heavy (non-hydrogen) atoms. The van der Waals surface area contributed by atoms with E-state index in [0.29, 0.717) is 0 Å². The number of rotatable bonds is 6. The highest BCUT2D eigenvalue weighted by atomic mass is 16.6. The zero-order valence-electron chi connectivity index (χ0n) is 17.4. The van der Waals surface area contributed by atoms with E-state index < -0.39 is 17.8 Å². The Morgan fingerprint density at radius 2 is 1.74 bits per heavy atom. The Bertz CT molecular complexity index is 1020. The first-order valence-corrected chi connectivity index (χ1v) is 9.48. The standard InChI is InChI=1S/C20H23N7O4/c1-20(2,3)31-18(28)23-12-15-24-16(26-27(15)17-21-10-7-11-22-17)25-19(29)30-13-14-8-5-4-6-9-14/h4-11H,12-13H2,1-3H3,(H,23,28)(H,25,26,29). The first-order chi connectivity index (χ1) is 14.8. The summed E-state index contributed by atoms with van der Waals surface area (Å²) in [6.45, 7) is 5.35. The number of carbonyl (C=O) groups excluding carboxylic acids is 2. The lowest BCUT2D eigenvalue weighted by Crippen LogP contribution is -2.32. The summed E-state index contributed by atoms with van der Waals surface area (Å²) in [4.78, 5) is 36.6. The molecule has 162 valence electrons. The van der Waals surface area contributed by atoms with Crippen molar-refractivity contribution >= 4 is 18.1 Å². The maximum atomic E-state index is 12.1. The lowest BCUT2D eigenvalue weighted by atomic mass is 10.2. The van der Waals surface area contributed by atoms with Crippen molar-refractivity contribution in [3.05, 3.63) is 60.2 Å². The number of aromatic nitrogens is 5. The minimum Gasteiger partial charge on any atom is -0.444 e. The molecule has 11 nitrogen and oxygen atoms in total. The van der Waals surface area contributed by atoms with E-state index in [1.807, 2.05) is 30.3 Å². The molecule has 0 atom stereocenters. The van der Waals surface area contributed by atoms with E-state index in [4.69, 9.17) is 9.47 Å². The second kappa shape index (κ2) is 9.65. The van der Waals surface area contributed by atoms with Crippen molar-refractivity contribution in [1.29, 1.82) is 0 Å². The van der Waals surface area contributed by atoms with Gasteiger partial charge in [0.1, 0.15) is 12.2 Å². The minimum absolute atomic E-state index is 0.0218. The van der Waals surface area contributed by atoms with Crippen LogP contribution < -0.4 is 10.6 Å². The first kappa shape index (κ1) is 21.7. The van der Waals surface area contributed by atoms with Gasteiger partial charge in [-0.25, -0.2) is 19.6 Å². The number of hydrogen-bond acceptors (Lipinski definition) is 8. The van der Waals surface area contributed by atoms with Crippen LogP contribution in [0.15, 0.2) is 48.8 Å². The molecular weight excluding hydrogens is 402 g/mol. The average Bonchev–Trinajstić information content (AvgIpc) is 3.13. The molecule has 0 fully saturated rings. The molecule has 2 aromatic heterocycles. The van der Waals surface area contributed by atoms with Gasteiger partial charge in [-0.15, -0.1) is 5.10 Å². The molecule has 2 N–H and O–H groups in total. The third-order valence-corrected chi connectivity index (χ3v) is 3.63. The molecule has 2 amide bonds. The SMILES string of the molecule is CC(C)(C)OC(=O)NCc1nc(NC(=O)OCc2ccccc2)nn1-c1ncccn1. The average molecular weight is 425 g/mol. The van der Waals surface area contributed by atoms with Crippen molar-refractivity contribution in [1.82, 2.24) is 30.0 Å². The summed E-state index contributed by atoms with van der Waals surface area (Å²) in [7, 11) is 0. The first-order valence-electron chi connectivity index (χ1n) is 9.48. The number of ether oxygens (including phenoxy) is 2. The Balaban J connectivity index is 1.69. The predicted molar refractivity (Wildman–Crippen MR) is 110 cm³/mol. The maximum Gasteiger partial charge on any atom is 0.414 e. The van der Waals surface area contributed by atoms with E-state index in [1.165, 1.54) is 17.1 Å². The highest BCUT2D eigenvalue weighted by molar-refractivity contribution is 5.82. The van der Waals surface area contributed by atoms with Crippen LogP contribution in [0.4, 0.5) is 15.5 Å². The van der Waals surface area contributed by atoms with Crippen LogP contribution in [0.2, 0.25) is 0 Å². The molecule has 0 saturated carbocycles. The minimum atomic E-state index is -0.721. The number of nitrogens with one attached hydrogen (secondary N) is 2. The molecule has 0 aliphatic carbocycles.